The number of aryl methyl sites for hydroxylation is 2. The Morgan fingerprint density at radius 1 is 1.15 bits per heavy atom. The summed E-state index contributed by atoms with van der Waals surface area (Å²) in [7, 11) is 1.92. The van der Waals surface area contributed by atoms with Crippen LogP contribution in [0, 0.1) is 13.8 Å². The van der Waals surface area contributed by atoms with Gasteiger partial charge in [0.1, 0.15) is 0 Å². The quantitative estimate of drug-likeness (QED) is 0.750. The molecular weight excluding hydrogens is 350 g/mol. The number of hydrogen-bond donors (Lipinski definition) is 1. The zero-order valence-corrected chi connectivity index (χ0v) is 15.7. The molecule has 0 spiro atoms. The van der Waals surface area contributed by atoms with E-state index in [1.807, 2.05) is 37.7 Å². The lowest BCUT2D eigenvalue weighted by Crippen LogP contribution is -2.26. The van der Waals surface area contributed by atoms with Crippen LogP contribution in [-0.4, -0.2) is 32.2 Å². The fourth-order valence-electron chi connectivity index (χ4n) is 2.78. The molecule has 0 aliphatic rings. The lowest BCUT2D eigenvalue weighted by molar-refractivity contribution is 0.0953. The van der Waals surface area contributed by atoms with Crippen LogP contribution in [-0.2, 0) is 13.5 Å². The molecule has 3 aromatic rings. The molecule has 0 fully saturated rings. The molecule has 7 heteroatoms. The average molecular weight is 370 g/mol. The van der Waals surface area contributed by atoms with E-state index in [0.29, 0.717) is 23.0 Å². The SMILES string of the molecule is Cc1nn(C)c(C)c1CCNC(=O)c1cnc(-c2ccc(Cl)cc2)nc1. The van der Waals surface area contributed by atoms with E-state index in [0.717, 1.165) is 23.4 Å². The predicted molar refractivity (Wildman–Crippen MR) is 101 cm³/mol. The zero-order valence-electron chi connectivity index (χ0n) is 15.0. The third-order valence-corrected chi connectivity index (χ3v) is 4.59. The number of hydrogen-bond acceptors (Lipinski definition) is 4. The number of carbonyl (C=O) groups is 1. The summed E-state index contributed by atoms with van der Waals surface area (Å²) in [5.74, 6) is 0.367. The van der Waals surface area contributed by atoms with Crippen molar-refractivity contribution in [1.82, 2.24) is 25.1 Å². The van der Waals surface area contributed by atoms with Crippen molar-refractivity contribution in [3.8, 4) is 11.4 Å². The van der Waals surface area contributed by atoms with Crippen molar-refractivity contribution in [1.29, 1.82) is 0 Å². The first-order valence-corrected chi connectivity index (χ1v) is 8.68. The van der Waals surface area contributed by atoms with Crippen molar-refractivity contribution in [2.24, 2.45) is 7.05 Å². The second-order valence-electron chi connectivity index (χ2n) is 6.08. The summed E-state index contributed by atoms with van der Waals surface area (Å²) in [6, 6.07) is 7.25. The number of halogens is 1. The fourth-order valence-corrected chi connectivity index (χ4v) is 2.90. The predicted octanol–water partition coefficient (Wildman–Crippen LogP) is 3.12. The molecule has 0 aliphatic heterocycles. The first-order chi connectivity index (χ1) is 12.5. The molecule has 26 heavy (non-hydrogen) atoms. The number of nitrogens with one attached hydrogen (secondary N) is 1. The van der Waals surface area contributed by atoms with Crippen molar-refractivity contribution >= 4 is 17.5 Å². The number of aromatic nitrogens is 4. The Balaban J connectivity index is 1.60. The summed E-state index contributed by atoms with van der Waals surface area (Å²) in [4.78, 5) is 20.8. The maximum absolute atomic E-state index is 12.3. The molecule has 1 amide bonds. The normalized spacial score (nSPS) is 10.8. The Morgan fingerprint density at radius 2 is 1.81 bits per heavy atom. The molecule has 0 unspecified atom stereocenters. The van der Waals surface area contributed by atoms with Gasteiger partial charge in [0.05, 0.1) is 11.3 Å². The molecule has 0 radical (unpaired) electrons. The van der Waals surface area contributed by atoms with Crippen molar-refractivity contribution in [3.05, 3.63) is 64.2 Å². The van der Waals surface area contributed by atoms with Crippen molar-refractivity contribution in [2.45, 2.75) is 20.3 Å². The largest absolute Gasteiger partial charge is 0.352 e. The van der Waals surface area contributed by atoms with E-state index in [1.165, 1.54) is 18.0 Å². The van der Waals surface area contributed by atoms with Gasteiger partial charge in [-0.25, -0.2) is 9.97 Å². The summed E-state index contributed by atoms with van der Waals surface area (Å²) in [5.41, 5.74) is 4.57. The smallest absolute Gasteiger partial charge is 0.254 e. The van der Waals surface area contributed by atoms with Gasteiger partial charge in [-0.05, 0) is 50.1 Å². The van der Waals surface area contributed by atoms with Crippen LogP contribution < -0.4 is 5.32 Å². The lowest BCUT2D eigenvalue weighted by Gasteiger charge is -2.06. The standard InChI is InChI=1S/C19H20ClN5O/c1-12-17(13(2)25(3)24-12)8-9-21-19(26)15-10-22-18(23-11-15)14-4-6-16(20)7-5-14/h4-7,10-11H,8-9H2,1-3H3,(H,21,26). The molecule has 134 valence electrons. The van der Waals surface area contributed by atoms with Crippen LogP contribution in [0.2, 0.25) is 5.02 Å². The molecule has 0 saturated carbocycles. The van der Waals surface area contributed by atoms with E-state index in [4.69, 9.17) is 11.6 Å². The number of nitrogens with zero attached hydrogens (tertiary/aromatic N) is 4. The van der Waals surface area contributed by atoms with E-state index in [2.05, 4.69) is 20.4 Å². The van der Waals surface area contributed by atoms with Gasteiger partial charge in [0.2, 0.25) is 0 Å². The van der Waals surface area contributed by atoms with E-state index in [1.54, 1.807) is 12.1 Å². The lowest BCUT2D eigenvalue weighted by atomic mass is 10.1. The van der Waals surface area contributed by atoms with E-state index in [9.17, 15) is 4.79 Å². The van der Waals surface area contributed by atoms with E-state index >= 15 is 0 Å². The molecule has 3 rings (SSSR count). The van der Waals surface area contributed by atoms with Crippen molar-refractivity contribution < 1.29 is 4.79 Å². The van der Waals surface area contributed by atoms with Gasteiger partial charge in [-0.3, -0.25) is 9.48 Å². The summed E-state index contributed by atoms with van der Waals surface area (Å²) in [5, 5.41) is 7.95. The zero-order chi connectivity index (χ0) is 18.7. The molecule has 0 bridgehead atoms. The highest BCUT2D eigenvalue weighted by Crippen LogP contribution is 2.17. The third-order valence-electron chi connectivity index (χ3n) is 4.34. The Hall–Kier alpha value is -2.73. The summed E-state index contributed by atoms with van der Waals surface area (Å²) >= 11 is 5.88. The molecule has 1 N–H and O–H groups in total. The van der Waals surface area contributed by atoms with Crippen LogP contribution >= 0.6 is 11.6 Å². The minimum absolute atomic E-state index is 0.188. The van der Waals surface area contributed by atoms with Gasteiger partial charge in [0, 0.05) is 42.3 Å². The number of amides is 1. The van der Waals surface area contributed by atoms with Crippen LogP contribution in [0.3, 0.4) is 0 Å². The van der Waals surface area contributed by atoms with Gasteiger partial charge >= 0.3 is 0 Å². The van der Waals surface area contributed by atoms with Gasteiger partial charge in [-0.15, -0.1) is 0 Å². The number of carbonyl (C=O) groups excluding carboxylic acids is 1. The summed E-state index contributed by atoms with van der Waals surface area (Å²) < 4.78 is 1.86. The van der Waals surface area contributed by atoms with Gasteiger partial charge < -0.3 is 5.32 Å². The maximum Gasteiger partial charge on any atom is 0.254 e. The van der Waals surface area contributed by atoms with Crippen LogP contribution in [0.15, 0.2) is 36.7 Å². The van der Waals surface area contributed by atoms with Gasteiger partial charge in [0.25, 0.3) is 5.91 Å². The average Bonchev–Trinajstić information content (AvgIpc) is 2.88. The van der Waals surface area contributed by atoms with Crippen LogP contribution in [0.1, 0.15) is 27.3 Å². The van der Waals surface area contributed by atoms with Crippen LogP contribution in [0.5, 0.6) is 0 Å². The summed E-state index contributed by atoms with van der Waals surface area (Å²) in [6.45, 7) is 4.54. The summed E-state index contributed by atoms with van der Waals surface area (Å²) in [6.07, 6.45) is 3.81. The molecule has 6 nitrogen and oxygen atoms in total. The highest BCUT2D eigenvalue weighted by atomic mass is 35.5. The second kappa shape index (κ2) is 7.66. The highest BCUT2D eigenvalue weighted by molar-refractivity contribution is 6.30. The Bertz CT molecular complexity index is 916. The molecule has 0 atom stereocenters. The van der Waals surface area contributed by atoms with Gasteiger partial charge in [-0.2, -0.15) is 5.10 Å². The molecular formula is C19H20ClN5O. The van der Waals surface area contributed by atoms with Crippen molar-refractivity contribution in [3.63, 3.8) is 0 Å². The molecule has 0 saturated heterocycles. The molecule has 0 aliphatic carbocycles. The van der Waals surface area contributed by atoms with Gasteiger partial charge in [0.15, 0.2) is 5.82 Å². The minimum Gasteiger partial charge on any atom is -0.352 e. The van der Waals surface area contributed by atoms with Crippen LogP contribution in [0.25, 0.3) is 11.4 Å². The molecule has 1 aromatic carbocycles. The number of rotatable bonds is 5. The minimum atomic E-state index is -0.188. The molecule has 2 heterocycles. The van der Waals surface area contributed by atoms with Crippen molar-refractivity contribution in [2.75, 3.05) is 6.54 Å². The first-order valence-electron chi connectivity index (χ1n) is 8.31. The monoisotopic (exact) mass is 369 g/mol. The topological polar surface area (TPSA) is 72.7 Å². The van der Waals surface area contributed by atoms with Gasteiger partial charge in [-0.1, -0.05) is 11.6 Å². The highest BCUT2D eigenvalue weighted by Gasteiger charge is 2.11. The molecule has 2 aromatic heterocycles. The second-order valence-corrected chi connectivity index (χ2v) is 6.52. The number of benzene rings is 1. The Morgan fingerprint density at radius 3 is 2.38 bits per heavy atom. The third kappa shape index (κ3) is 3.91. The fraction of sp³-hybridized carbons (Fsp3) is 0.263. The Labute approximate surface area is 157 Å². The maximum atomic E-state index is 12.3. The Kier molecular flexibility index (Phi) is 5.32. The first kappa shape index (κ1) is 18.1. The van der Waals surface area contributed by atoms with Crippen LogP contribution in [0.4, 0.5) is 0 Å². The van der Waals surface area contributed by atoms with E-state index in [-0.39, 0.29) is 5.91 Å². The van der Waals surface area contributed by atoms with E-state index < -0.39 is 0 Å².